The Bertz CT molecular complexity index is 484. The summed E-state index contributed by atoms with van der Waals surface area (Å²) < 4.78 is 25.9. The topological polar surface area (TPSA) is 57.6 Å². The van der Waals surface area contributed by atoms with E-state index in [-0.39, 0.29) is 16.7 Å². The maximum atomic E-state index is 12.2. The number of sulfonamides is 1. The molecule has 1 atom stereocenters. The number of nitrogens with zero attached hydrogens (tertiary/aromatic N) is 1. The fraction of sp³-hybridized carbons (Fsp3) is 0.455. The fourth-order valence-electron chi connectivity index (χ4n) is 2.04. The van der Waals surface area contributed by atoms with Crippen LogP contribution in [0.2, 0.25) is 0 Å². The van der Waals surface area contributed by atoms with Crippen molar-refractivity contribution in [3.63, 3.8) is 0 Å². The molecular formula is C11H15NO3S. The van der Waals surface area contributed by atoms with E-state index in [9.17, 15) is 13.5 Å². The van der Waals surface area contributed by atoms with Crippen molar-refractivity contribution in [2.45, 2.75) is 30.7 Å². The van der Waals surface area contributed by atoms with Crippen LogP contribution in [0.4, 0.5) is 0 Å². The zero-order valence-corrected chi connectivity index (χ0v) is 9.94. The van der Waals surface area contributed by atoms with E-state index in [2.05, 4.69) is 0 Å². The number of benzene rings is 1. The van der Waals surface area contributed by atoms with E-state index < -0.39 is 10.0 Å². The average molecular weight is 241 g/mol. The minimum absolute atomic E-state index is 0.0204. The lowest BCUT2D eigenvalue weighted by Gasteiger charge is -2.20. The highest BCUT2D eigenvalue weighted by atomic mass is 32.2. The molecule has 1 unspecified atom stereocenters. The van der Waals surface area contributed by atoms with Crippen molar-refractivity contribution < 1.29 is 13.5 Å². The zero-order valence-electron chi connectivity index (χ0n) is 9.13. The molecule has 2 rings (SSSR count). The van der Waals surface area contributed by atoms with Gasteiger partial charge in [0, 0.05) is 12.6 Å². The number of phenols is 1. The Labute approximate surface area is 95.6 Å². The van der Waals surface area contributed by atoms with Crippen LogP contribution in [0.3, 0.4) is 0 Å². The van der Waals surface area contributed by atoms with Crippen molar-refractivity contribution in [1.82, 2.24) is 4.31 Å². The van der Waals surface area contributed by atoms with Crippen LogP contribution in [-0.4, -0.2) is 30.4 Å². The molecule has 1 heterocycles. The molecule has 0 aliphatic carbocycles. The SMILES string of the molecule is CC1CCCN1S(=O)(=O)c1cccc(O)c1. The molecule has 0 saturated carbocycles. The molecule has 1 aliphatic rings. The maximum absolute atomic E-state index is 12.2. The van der Waals surface area contributed by atoms with E-state index in [1.165, 1.54) is 22.5 Å². The number of phenolic OH excluding ortho intramolecular Hbond substituents is 1. The van der Waals surface area contributed by atoms with Gasteiger partial charge in [-0.25, -0.2) is 8.42 Å². The summed E-state index contributed by atoms with van der Waals surface area (Å²) in [5.41, 5.74) is 0. The lowest BCUT2D eigenvalue weighted by molar-refractivity contribution is 0.407. The van der Waals surface area contributed by atoms with Gasteiger partial charge in [0.1, 0.15) is 5.75 Å². The Kier molecular flexibility index (Phi) is 2.90. The van der Waals surface area contributed by atoms with Crippen LogP contribution in [0.25, 0.3) is 0 Å². The van der Waals surface area contributed by atoms with Crippen LogP contribution in [-0.2, 0) is 10.0 Å². The van der Waals surface area contributed by atoms with Gasteiger partial charge in [0.25, 0.3) is 0 Å². The molecule has 1 aliphatic heterocycles. The summed E-state index contributed by atoms with van der Waals surface area (Å²) in [5.74, 6) is -0.0204. The molecule has 1 aromatic carbocycles. The summed E-state index contributed by atoms with van der Waals surface area (Å²) >= 11 is 0. The Morgan fingerprint density at radius 1 is 1.44 bits per heavy atom. The predicted octanol–water partition coefficient (Wildman–Crippen LogP) is 1.57. The van der Waals surface area contributed by atoms with E-state index in [4.69, 9.17) is 0 Å². The molecule has 1 N–H and O–H groups in total. The highest BCUT2D eigenvalue weighted by molar-refractivity contribution is 7.89. The van der Waals surface area contributed by atoms with Gasteiger partial charge in [-0.2, -0.15) is 4.31 Å². The van der Waals surface area contributed by atoms with Crippen LogP contribution in [0.1, 0.15) is 19.8 Å². The van der Waals surface area contributed by atoms with Gasteiger partial charge in [-0.15, -0.1) is 0 Å². The van der Waals surface area contributed by atoms with Gasteiger partial charge in [-0.05, 0) is 38.0 Å². The largest absolute Gasteiger partial charge is 0.508 e. The minimum Gasteiger partial charge on any atom is -0.508 e. The summed E-state index contributed by atoms with van der Waals surface area (Å²) in [5, 5.41) is 9.30. The molecular weight excluding hydrogens is 226 g/mol. The summed E-state index contributed by atoms with van der Waals surface area (Å²) in [7, 11) is -3.44. The lowest BCUT2D eigenvalue weighted by Crippen LogP contribution is -2.33. The van der Waals surface area contributed by atoms with Gasteiger partial charge in [-0.1, -0.05) is 6.07 Å². The fourth-order valence-corrected chi connectivity index (χ4v) is 3.78. The second kappa shape index (κ2) is 4.07. The molecule has 0 aromatic heterocycles. The van der Waals surface area contributed by atoms with Crippen LogP contribution >= 0.6 is 0 Å². The van der Waals surface area contributed by atoms with Crippen LogP contribution in [0.15, 0.2) is 29.2 Å². The van der Waals surface area contributed by atoms with Crippen molar-refractivity contribution in [3.05, 3.63) is 24.3 Å². The molecule has 16 heavy (non-hydrogen) atoms. The Hall–Kier alpha value is -1.07. The molecule has 1 fully saturated rings. The standard InChI is InChI=1S/C11H15NO3S/c1-9-4-3-7-12(9)16(14,15)11-6-2-5-10(13)8-11/h2,5-6,8-9,13H,3-4,7H2,1H3. The molecule has 0 spiro atoms. The molecule has 0 amide bonds. The van der Waals surface area contributed by atoms with E-state index in [0.717, 1.165) is 12.8 Å². The van der Waals surface area contributed by atoms with Gasteiger partial charge in [0.2, 0.25) is 10.0 Å². The van der Waals surface area contributed by atoms with Gasteiger partial charge in [0.05, 0.1) is 4.90 Å². The van der Waals surface area contributed by atoms with Crippen molar-refractivity contribution in [2.24, 2.45) is 0 Å². The normalized spacial score (nSPS) is 22.4. The zero-order chi connectivity index (χ0) is 11.8. The van der Waals surface area contributed by atoms with Crippen LogP contribution in [0, 0.1) is 0 Å². The van der Waals surface area contributed by atoms with Crippen molar-refractivity contribution in [1.29, 1.82) is 0 Å². The maximum Gasteiger partial charge on any atom is 0.243 e. The average Bonchev–Trinajstić information content (AvgIpc) is 2.65. The van der Waals surface area contributed by atoms with Gasteiger partial charge < -0.3 is 5.11 Å². The highest BCUT2D eigenvalue weighted by Crippen LogP contribution is 2.26. The number of hydrogen-bond donors (Lipinski definition) is 1. The molecule has 5 heteroatoms. The molecule has 1 saturated heterocycles. The number of aromatic hydroxyl groups is 1. The second-order valence-electron chi connectivity index (χ2n) is 4.10. The third-order valence-electron chi connectivity index (χ3n) is 2.92. The summed E-state index contributed by atoms with van der Waals surface area (Å²) in [4.78, 5) is 0.168. The van der Waals surface area contributed by atoms with Gasteiger partial charge in [0.15, 0.2) is 0 Å². The Morgan fingerprint density at radius 3 is 2.75 bits per heavy atom. The lowest BCUT2D eigenvalue weighted by atomic mass is 10.3. The summed E-state index contributed by atoms with van der Waals surface area (Å²) in [6, 6.07) is 5.86. The first-order valence-corrected chi connectivity index (χ1v) is 6.77. The monoisotopic (exact) mass is 241 g/mol. The van der Waals surface area contributed by atoms with Gasteiger partial charge >= 0.3 is 0 Å². The van der Waals surface area contributed by atoms with E-state index in [0.29, 0.717) is 6.54 Å². The highest BCUT2D eigenvalue weighted by Gasteiger charge is 2.32. The molecule has 1 aromatic rings. The predicted molar refractivity (Wildman–Crippen MR) is 60.7 cm³/mol. The van der Waals surface area contributed by atoms with E-state index in [1.54, 1.807) is 6.07 Å². The third kappa shape index (κ3) is 1.92. The molecule has 88 valence electrons. The first-order chi connectivity index (χ1) is 7.51. The van der Waals surface area contributed by atoms with Gasteiger partial charge in [-0.3, -0.25) is 0 Å². The number of hydrogen-bond acceptors (Lipinski definition) is 3. The second-order valence-corrected chi connectivity index (χ2v) is 5.99. The molecule has 4 nitrogen and oxygen atoms in total. The quantitative estimate of drug-likeness (QED) is 0.855. The van der Waals surface area contributed by atoms with Crippen LogP contribution in [0.5, 0.6) is 5.75 Å². The number of rotatable bonds is 2. The van der Waals surface area contributed by atoms with E-state index in [1.807, 2.05) is 6.92 Å². The summed E-state index contributed by atoms with van der Waals surface area (Å²) in [6.45, 7) is 2.48. The minimum atomic E-state index is -3.44. The summed E-state index contributed by atoms with van der Waals surface area (Å²) in [6.07, 6.45) is 1.80. The Balaban J connectivity index is 2.39. The van der Waals surface area contributed by atoms with Crippen molar-refractivity contribution >= 4 is 10.0 Å². The third-order valence-corrected chi connectivity index (χ3v) is 4.93. The van der Waals surface area contributed by atoms with Crippen LogP contribution < -0.4 is 0 Å². The van der Waals surface area contributed by atoms with Crippen molar-refractivity contribution in [3.8, 4) is 5.75 Å². The Morgan fingerprint density at radius 2 is 2.19 bits per heavy atom. The molecule has 0 bridgehead atoms. The molecule has 0 radical (unpaired) electrons. The van der Waals surface area contributed by atoms with E-state index >= 15 is 0 Å². The smallest absolute Gasteiger partial charge is 0.243 e. The van der Waals surface area contributed by atoms with Crippen molar-refractivity contribution in [2.75, 3.05) is 6.54 Å². The first kappa shape index (κ1) is 11.4. The first-order valence-electron chi connectivity index (χ1n) is 5.33.